The molecule has 20 heavy (non-hydrogen) atoms. The van der Waals surface area contributed by atoms with Gasteiger partial charge >= 0.3 is 0 Å². The number of rotatable bonds is 3. The first-order chi connectivity index (χ1) is 9.74. The van der Waals surface area contributed by atoms with Crippen LogP contribution in [0.1, 0.15) is 17.5 Å². The fourth-order valence-electron chi connectivity index (χ4n) is 2.65. The van der Waals surface area contributed by atoms with Gasteiger partial charge in [-0.1, -0.05) is 30.3 Å². The molecular weight excluding hydrogens is 246 g/mol. The van der Waals surface area contributed by atoms with E-state index < -0.39 is 0 Å². The van der Waals surface area contributed by atoms with Gasteiger partial charge in [0.25, 0.3) is 0 Å². The molecule has 3 nitrogen and oxygen atoms in total. The third kappa shape index (κ3) is 2.52. The Morgan fingerprint density at radius 3 is 2.50 bits per heavy atom. The van der Waals surface area contributed by atoms with Crippen molar-refractivity contribution in [3.05, 3.63) is 71.8 Å². The Hall–Kier alpha value is -2.29. The highest BCUT2D eigenvalue weighted by Crippen LogP contribution is 2.28. The SMILES string of the molecule is C[n+]1ccc(C2=C(N)N(Cc3ccccc3)CC2)cc1. The van der Waals surface area contributed by atoms with Gasteiger partial charge in [-0.25, -0.2) is 4.57 Å². The number of benzene rings is 1. The highest BCUT2D eigenvalue weighted by Gasteiger charge is 2.21. The fraction of sp³-hybridized carbons (Fsp3) is 0.235. The zero-order valence-electron chi connectivity index (χ0n) is 11.8. The number of nitrogens with zero attached hydrogens (tertiary/aromatic N) is 2. The van der Waals surface area contributed by atoms with Crippen molar-refractivity contribution >= 4 is 5.57 Å². The normalized spacial score (nSPS) is 14.9. The van der Waals surface area contributed by atoms with E-state index in [1.54, 1.807) is 0 Å². The lowest BCUT2D eigenvalue weighted by atomic mass is 10.1. The van der Waals surface area contributed by atoms with Crippen molar-refractivity contribution < 1.29 is 4.57 Å². The topological polar surface area (TPSA) is 33.1 Å². The quantitative estimate of drug-likeness (QED) is 0.863. The average molecular weight is 266 g/mol. The number of hydrogen-bond donors (Lipinski definition) is 1. The van der Waals surface area contributed by atoms with Crippen molar-refractivity contribution in [2.24, 2.45) is 12.8 Å². The molecule has 2 aromatic rings. The number of aryl methyl sites for hydroxylation is 1. The molecule has 2 heterocycles. The summed E-state index contributed by atoms with van der Waals surface area (Å²) in [5.74, 6) is 0.919. The molecule has 0 amide bonds. The largest absolute Gasteiger partial charge is 0.385 e. The second-order valence-electron chi connectivity index (χ2n) is 5.27. The molecular formula is C17H20N3+. The monoisotopic (exact) mass is 266 g/mol. The van der Waals surface area contributed by atoms with Gasteiger partial charge in [0.15, 0.2) is 12.4 Å². The van der Waals surface area contributed by atoms with Crippen LogP contribution < -0.4 is 10.3 Å². The smallest absolute Gasteiger partial charge is 0.169 e. The second-order valence-corrected chi connectivity index (χ2v) is 5.27. The Kier molecular flexibility index (Phi) is 3.42. The molecule has 3 rings (SSSR count). The highest BCUT2D eigenvalue weighted by molar-refractivity contribution is 5.69. The summed E-state index contributed by atoms with van der Waals surface area (Å²) in [7, 11) is 2.03. The number of nitrogens with two attached hydrogens (primary N) is 1. The molecule has 1 aliphatic heterocycles. The zero-order valence-corrected chi connectivity index (χ0v) is 11.8. The summed E-state index contributed by atoms with van der Waals surface area (Å²) in [5, 5.41) is 0. The summed E-state index contributed by atoms with van der Waals surface area (Å²) in [5.41, 5.74) is 10.1. The molecule has 2 N–H and O–H groups in total. The first kappa shape index (κ1) is 12.7. The van der Waals surface area contributed by atoms with Crippen LogP contribution >= 0.6 is 0 Å². The molecule has 3 heteroatoms. The standard InChI is InChI=1S/C17H19N3/c1-19-10-7-15(8-11-19)16-9-12-20(17(16)18)13-14-5-3-2-4-6-14/h2-8,10-11,18H,9,12-13H2,1H3/p+1. The van der Waals surface area contributed by atoms with Crippen LogP contribution in [0.5, 0.6) is 0 Å². The van der Waals surface area contributed by atoms with Crippen LogP contribution in [0.4, 0.5) is 0 Å². The Bertz CT molecular complexity index is 614. The molecule has 102 valence electrons. The van der Waals surface area contributed by atoms with Gasteiger partial charge < -0.3 is 10.6 Å². The Morgan fingerprint density at radius 2 is 1.80 bits per heavy atom. The van der Waals surface area contributed by atoms with Crippen LogP contribution in [-0.4, -0.2) is 11.4 Å². The maximum absolute atomic E-state index is 6.34. The maximum atomic E-state index is 6.34. The van der Waals surface area contributed by atoms with Crippen molar-refractivity contribution in [1.29, 1.82) is 0 Å². The molecule has 0 radical (unpaired) electrons. The fourth-order valence-corrected chi connectivity index (χ4v) is 2.65. The van der Waals surface area contributed by atoms with Crippen LogP contribution in [0.2, 0.25) is 0 Å². The van der Waals surface area contributed by atoms with E-state index in [4.69, 9.17) is 5.73 Å². The summed E-state index contributed by atoms with van der Waals surface area (Å²) in [6, 6.07) is 14.7. The van der Waals surface area contributed by atoms with E-state index in [0.717, 1.165) is 25.3 Å². The van der Waals surface area contributed by atoms with E-state index in [-0.39, 0.29) is 0 Å². The average Bonchev–Trinajstić information content (AvgIpc) is 2.83. The summed E-state index contributed by atoms with van der Waals surface area (Å²) in [6.07, 6.45) is 5.15. The van der Waals surface area contributed by atoms with Crippen molar-refractivity contribution in [2.75, 3.05) is 6.54 Å². The first-order valence-corrected chi connectivity index (χ1v) is 6.97. The molecule has 0 saturated carbocycles. The third-order valence-corrected chi connectivity index (χ3v) is 3.82. The van der Waals surface area contributed by atoms with Crippen molar-refractivity contribution in [2.45, 2.75) is 13.0 Å². The molecule has 0 unspecified atom stereocenters. The molecule has 1 aliphatic rings. The van der Waals surface area contributed by atoms with Crippen molar-refractivity contribution in [3.63, 3.8) is 0 Å². The minimum atomic E-state index is 0.886. The van der Waals surface area contributed by atoms with Crippen LogP contribution in [0.3, 0.4) is 0 Å². The number of aromatic nitrogens is 1. The minimum Gasteiger partial charge on any atom is -0.385 e. The maximum Gasteiger partial charge on any atom is 0.169 e. The van der Waals surface area contributed by atoms with Crippen LogP contribution in [0.25, 0.3) is 5.57 Å². The summed E-state index contributed by atoms with van der Waals surface area (Å²) >= 11 is 0. The predicted molar refractivity (Wildman–Crippen MR) is 80.2 cm³/mol. The van der Waals surface area contributed by atoms with E-state index in [1.165, 1.54) is 16.7 Å². The predicted octanol–water partition coefficient (Wildman–Crippen LogP) is 2.04. The van der Waals surface area contributed by atoms with Gasteiger partial charge in [-0.05, 0) is 17.5 Å². The van der Waals surface area contributed by atoms with E-state index in [2.05, 4.69) is 53.7 Å². The third-order valence-electron chi connectivity index (χ3n) is 3.82. The molecule has 0 spiro atoms. The molecule has 1 aromatic carbocycles. The summed E-state index contributed by atoms with van der Waals surface area (Å²) in [6.45, 7) is 1.88. The Labute approximate surface area is 120 Å². The van der Waals surface area contributed by atoms with Crippen LogP contribution in [0.15, 0.2) is 60.7 Å². The van der Waals surface area contributed by atoms with Crippen molar-refractivity contribution in [1.82, 2.24) is 4.90 Å². The van der Waals surface area contributed by atoms with E-state index in [9.17, 15) is 0 Å². The van der Waals surface area contributed by atoms with E-state index in [0.29, 0.717) is 0 Å². The number of hydrogen-bond acceptors (Lipinski definition) is 2. The summed E-state index contributed by atoms with van der Waals surface area (Å²) in [4.78, 5) is 2.26. The highest BCUT2D eigenvalue weighted by atomic mass is 15.2. The zero-order chi connectivity index (χ0) is 13.9. The van der Waals surface area contributed by atoms with Gasteiger partial charge in [-0.2, -0.15) is 0 Å². The van der Waals surface area contributed by atoms with Gasteiger partial charge in [0, 0.05) is 30.8 Å². The van der Waals surface area contributed by atoms with Crippen LogP contribution in [0, 0.1) is 0 Å². The Balaban J connectivity index is 1.81. The minimum absolute atomic E-state index is 0.886. The molecule has 0 aliphatic carbocycles. The first-order valence-electron chi connectivity index (χ1n) is 6.97. The van der Waals surface area contributed by atoms with Crippen LogP contribution in [-0.2, 0) is 13.6 Å². The van der Waals surface area contributed by atoms with Gasteiger partial charge in [0.05, 0.1) is 0 Å². The van der Waals surface area contributed by atoms with Gasteiger partial charge in [-0.15, -0.1) is 0 Å². The van der Waals surface area contributed by atoms with Gasteiger partial charge in [-0.3, -0.25) is 0 Å². The lowest BCUT2D eigenvalue weighted by Gasteiger charge is -2.19. The number of pyridine rings is 1. The van der Waals surface area contributed by atoms with E-state index >= 15 is 0 Å². The second kappa shape index (κ2) is 5.37. The molecule has 0 atom stereocenters. The van der Waals surface area contributed by atoms with Gasteiger partial charge in [0.2, 0.25) is 0 Å². The lowest BCUT2D eigenvalue weighted by Crippen LogP contribution is -2.26. The van der Waals surface area contributed by atoms with E-state index in [1.807, 2.05) is 17.7 Å². The molecule has 0 bridgehead atoms. The molecule has 1 aromatic heterocycles. The Morgan fingerprint density at radius 1 is 1.10 bits per heavy atom. The van der Waals surface area contributed by atoms with Crippen molar-refractivity contribution in [3.8, 4) is 0 Å². The molecule has 0 saturated heterocycles. The lowest BCUT2D eigenvalue weighted by molar-refractivity contribution is -0.671. The van der Waals surface area contributed by atoms with Gasteiger partial charge in [0.1, 0.15) is 12.9 Å². The summed E-state index contributed by atoms with van der Waals surface area (Å²) < 4.78 is 2.04. The molecule has 0 fully saturated rings.